The van der Waals surface area contributed by atoms with Gasteiger partial charge in [-0.3, -0.25) is 19.2 Å². The average Bonchev–Trinajstić information content (AvgIpc) is 3.32. The zero-order valence-electron chi connectivity index (χ0n) is 31.2. The number of unbranched alkanes of at least 4 members (excludes halogenated alkanes) is 11. The van der Waals surface area contributed by atoms with Gasteiger partial charge in [-0.1, -0.05) is 90.9 Å². The SMILES string of the molecule is CCCCCCCCCCCCCCC1OC(C)(C)O[C@H]1[C@@H](C)CCS[C@@H]1OC(COC(C)=O)[C@@H](OC(C)=O)C(OC(C)=O)=C1OC(C)=O. The van der Waals surface area contributed by atoms with Gasteiger partial charge in [-0.2, -0.15) is 0 Å². The summed E-state index contributed by atoms with van der Waals surface area (Å²) in [5, 5.41) is 0. The summed E-state index contributed by atoms with van der Waals surface area (Å²) in [7, 11) is 0. The highest BCUT2D eigenvalue weighted by Crippen LogP contribution is 2.39. The Morgan fingerprint density at radius 3 is 1.82 bits per heavy atom. The first-order valence-electron chi connectivity index (χ1n) is 18.3. The molecule has 0 aromatic carbocycles. The second-order valence-electron chi connectivity index (χ2n) is 13.7. The van der Waals surface area contributed by atoms with Gasteiger partial charge < -0.3 is 33.2 Å². The number of rotatable bonds is 23. The van der Waals surface area contributed by atoms with Crippen molar-refractivity contribution in [2.75, 3.05) is 12.4 Å². The van der Waals surface area contributed by atoms with Crippen molar-refractivity contribution in [1.29, 1.82) is 0 Å². The lowest BCUT2D eigenvalue weighted by atomic mass is 9.94. The van der Waals surface area contributed by atoms with E-state index in [0.717, 1.165) is 19.3 Å². The molecule has 2 heterocycles. The second kappa shape index (κ2) is 22.6. The van der Waals surface area contributed by atoms with Gasteiger partial charge in [0.05, 0.1) is 12.2 Å². The smallest absolute Gasteiger partial charge is 0.307 e. The summed E-state index contributed by atoms with van der Waals surface area (Å²) in [5.74, 6) is -2.82. The fraction of sp³-hybridized carbons (Fsp3) is 0.838. The Morgan fingerprint density at radius 2 is 1.29 bits per heavy atom. The van der Waals surface area contributed by atoms with Crippen molar-refractivity contribution in [3.8, 4) is 0 Å². The van der Waals surface area contributed by atoms with Crippen molar-refractivity contribution in [2.24, 2.45) is 5.92 Å². The zero-order chi connectivity index (χ0) is 36.4. The van der Waals surface area contributed by atoms with Crippen LogP contribution in [0.5, 0.6) is 0 Å². The molecule has 0 saturated carbocycles. The number of esters is 4. The van der Waals surface area contributed by atoms with Crippen LogP contribution < -0.4 is 0 Å². The Labute approximate surface area is 298 Å². The van der Waals surface area contributed by atoms with E-state index in [1.54, 1.807) is 0 Å². The van der Waals surface area contributed by atoms with Gasteiger partial charge in [0.2, 0.25) is 0 Å². The van der Waals surface area contributed by atoms with Crippen LogP contribution in [0.1, 0.15) is 145 Å². The molecule has 49 heavy (non-hydrogen) atoms. The monoisotopic (exact) mass is 714 g/mol. The third kappa shape index (κ3) is 16.6. The molecular formula is C37H62O11S. The first kappa shape index (κ1) is 43.0. The lowest BCUT2D eigenvalue weighted by Gasteiger charge is -2.36. The molecule has 0 radical (unpaired) electrons. The summed E-state index contributed by atoms with van der Waals surface area (Å²) >= 11 is 1.34. The Kier molecular flexibility index (Phi) is 19.9. The fourth-order valence-electron chi connectivity index (χ4n) is 6.26. The summed E-state index contributed by atoms with van der Waals surface area (Å²) in [5.41, 5.74) is -0.910. The second-order valence-corrected chi connectivity index (χ2v) is 14.9. The summed E-state index contributed by atoms with van der Waals surface area (Å²) < 4.78 is 40.4. The standard InChI is InChI=1S/C37H62O11S/c1-9-10-11-12-13-14-15-16-17-18-19-20-21-30-32(48-37(7,8)47-30)25(2)22-23-49-36-35(45-29(6)41)34(44-28(5)40)33(43-27(4)39)31(46-36)24-42-26(3)38/h25,30-33,36H,9-24H2,1-8H3/t25-,30?,31?,32-,33+,36-/m0/s1. The van der Waals surface area contributed by atoms with Crippen LogP contribution >= 0.6 is 11.8 Å². The van der Waals surface area contributed by atoms with Crippen molar-refractivity contribution >= 4 is 35.6 Å². The van der Waals surface area contributed by atoms with Crippen LogP contribution in [0.4, 0.5) is 0 Å². The summed E-state index contributed by atoms with van der Waals surface area (Å²) in [6.07, 6.45) is 14.9. The first-order valence-corrected chi connectivity index (χ1v) is 19.3. The maximum atomic E-state index is 12.1. The molecule has 0 aromatic heterocycles. The Balaban J connectivity index is 1.99. The summed E-state index contributed by atoms with van der Waals surface area (Å²) in [4.78, 5) is 47.8. The normalized spacial score (nSPS) is 24.0. The van der Waals surface area contributed by atoms with Crippen molar-refractivity contribution in [1.82, 2.24) is 0 Å². The molecule has 6 atom stereocenters. The molecule has 2 aliphatic rings. The Morgan fingerprint density at radius 1 is 0.735 bits per heavy atom. The topological polar surface area (TPSA) is 133 Å². The maximum Gasteiger partial charge on any atom is 0.307 e. The van der Waals surface area contributed by atoms with Gasteiger partial charge in [-0.25, -0.2) is 0 Å². The van der Waals surface area contributed by atoms with Crippen molar-refractivity contribution < 1.29 is 52.3 Å². The molecule has 0 N–H and O–H groups in total. The number of carbonyl (C=O) groups excluding carboxylic acids is 4. The predicted octanol–water partition coefficient (Wildman–Crippen LogP) is 7.91. The van der Waals surface area contributed by atoms with Gasteiger partial charge in [-0.15, -0.1) is 11.8 Å². The van der Waals surface area contributed by atoms with E-state index in [0.29, 0.717) is 5.75 Å². The van der Waals surface area contributed by atoms with Gasteiger partial charge in [0.1, 0.15) is 12.7 Å². The third-order valence-corrected chi connectivity index (χ3v) is 9.67. The van der Waals surface area contributed by atoms with E-state index in [-0.39, 0.29) is 36.3 Å². The maximum absolute atomic E-state index is 12.1. The molecule has 0 aromatic rings. The van der Waals surface area contributed by atoms with Crippen molar-refractivity contribution in [3.05, 3.63) is 11.5 Å². The molecular weight excluding hydrogens is 652 g/mol. The van der Waals surface area contributed by atoms with Crippen LogP contribution in [0.2, 0.25) is 0 Å². The highest BCUT2D eigenvalue weighted by atomic mass is 32.2. The van der Waals surface area contributed by atoms with Crippen LogP contribution in [0, 0.1) is 5.92 Å². The molecule has 11 nitrogen and oxygen atoms in total. The number of thioether (sulfide) groups is 1. The molecule has 1 fully saturated rings. The van der Waals surface area contributed by atoms with Crippen molar-refractivity contribution in [2.45, 2.75) is 181 Å². The van der Waals surface area contributed by atoms with Gasteiger partial charge in [0.15, 0.2) is 28.8 Å². The number of hydrogen-bond donors (Lipinski definition) is 0. The highest BCUT2D eigenvalue weighted by Gasteiger charge is 2.46. The van der Waals surface area contributed by atoms with Gasteiger partial charge in [-0.05, 0) is 38.4 Å². The van der Waals surface area contributed by atoms with Crippen molar-refractivity contribution in [3.63, 3.8) is 0 Å². The molecule has 1 saturated heterocycles. The van der Waals surface area contributed by atoms with E-state index >= 15 is 0 Å². The third-order valence-electron chi connectivity index (χ3n) is 8.57. The molecule has 0 amide bonds. The Hall–Kier alpha value is -2.15. The lowest BCUT2D eigenvalue weighted by Crippen LogP contribution is -2.47. The number of carbonyl (C=O) groups is 4. The summed E-state index contributed by atoms with van der Waals surface area (Å²) in [6.45, 7) is 12.8. The van der Waals surface area contributed by atoms with Crippen LogP contribution in [0.15, 0.2) is 11.5 Å². The molecule has 282 valence electrons. The van der Waals surface area contributed by atoms with Crippen LogP contribution in [-0.4, -0.2) is 71.9 Å². The first-order chi connectivity index (χ1) is 23.2. The molecule has 12 heteroatoms. The molecule has 2 rings (SSSR count). The highest BCUT2D eigenvalue weighted by molar-refractivity contribution is 7.99. The van der Waals surface area contributed by atoms with Gasteiger partial charge in [0.25, 0.3) is 0 Å². The Bertz CT molecular complexity index is 1070. The fourth-order valence-corrected chi connectivity index (χ4v) is 7.52. The minimum atomic E-state index is -1.28. The van der Waals surface area contributed by atoms with Gasteiger partial charge in [0, 0.05) is 27.7 Å². The molecule has 2 unspecified atom stereocenters. The van der Waals surface area contributed by atoms with Gasteiger partial charge >= 0.3 is 23.9 Å². The zero-order valence-corrected chi connectivity index (χ0v) is 32.0. The van der Waals surface area contributed by atoms with E-state index in [1.807, 2.05) is 13.8 Å². The van der Waals surface area contributed by atoms with E-state index in [1.165, 1.54) is 110 Å². The summed E-state index contributed by atoms with van der Waals surface area (Å²) in [6, 6.07) is 0. The molecule has 0 spiro atoms. The van der Waals surface area contributed by atoms with Crippen LogP contribution in [0.25, 0.3) is 0 Å². The van der Waals surface area contributed by atoms with E-state index in [4.69, 9.17) is 33.2 Å². The van der Waals surface area contributed by atoms with E-state index < -0.39 is 47.3 Å². The average molecular weight is 715 g/mol. The molecule has 0 bridgehead atoms. The quantitative estimate of drug-likeness (QED) is 0.0579. The largest absolute Gasteiger partial charge is 0.463 e. The van der Waals surface area contributed by atoms with Crippen LogP contribution in [0.3, 0.4) is 0 Å². The van der Waals surface area contributed by atoms with Crippen LogP contribution in [-0.2, 0) is 52.3 Å². The molecule has 2 aliphatic heterocycles. The minimum Gasteiger partial charge on any atom is -0.463 e. The molecule has 0 aliphatic carbocycles. The van der Waals surface area contributed by atoms with E-state index in [9.17, 15) is 19.2 Å². The number of ether oxygens (including phenoxy) is 7. The lowest BCUT2D eigenvalue weighted by molar-refractivity contribution is -0.174. The van der Waals surface area contributed by atoms with E-state index in [2.05, 4.69) is 13.8 Å². The predicted molar refractivity (Wildman–Crippen MR) is 187 cm³/mol. The number of hydrogen-bond acceptors (Lipinski definition) is 12. The minimum absolute atomic E-state index is 0.00581.